The third kappa shape index (κ3) is 3.96. The van der Waals surface area contributed by atoms with Crippen LogP contribution >= 0.6 is 0 Å². The zero-order valence-corrected chi connectivity index (χ0v) is 10.9. The van der Waals surface area contributed by atoms with E-state index in [1.165, 1.54) is 6.42 Å². The quantitative estimate of drug-likeness (QED) is 0.665. The molecule has 6 heteroatoms. The van der Waals surface area contributed by atoms with E-state index in [-0.39, 0.29) is 11.8 Å². The fraction of sp³-hybridized carbons (Fsp3) is 0.909. The Morgan fingerprint density at radius 1 is 1.18 bits per heavy atom. The summed E-state index contributed by atoms with van der Waals surface area (Å²) in [5, 5.41) is 2.88. The predicted octanol–water partition coefficient (Wildman–Crippen LogP) is 0.0880. The molecule has 0 saturated heterocycles. The summed E-state index contributed by atoms with van der Waals surface area (Å²) in [6.07, 6.45) is 5.20. The van der Waals surface area contributed by atoms with Gasteiger partial charge in [0.15, 0.2) is 0 Å². The van der Waals surface area contributed by atoms with Gasteiger partial charge in [-0.2, -0.15) is 0 Å². The van der Waals surface area contributed by atoms with Crippen LogP contribution in [-0.2, 0) is 14.8 Å². The van der Waals surface area contributed by atoms with Crippen molar-refractivity contribution in [2.45, 2.75) is 25.7 Å². The van der Waals surface area contributed by atoms with Gasteiger partial charge in [-0.1, -0.05) is 0 Å². The first-order chi connectivity index (χ1) is 7.96. The van der Waals surface area contributed by atoms with Gasteiger partial charge >= 0.3 is 0 Å². The Hall–Kier alpha value is -0.620. The van der Waals surface area contributed by atoms with Crippen molar-refractivity contribution in [1.82, 2.24) is 10.0 Å². The smallest absolute Gasteiger partial charge is 0.223 e. The van der Waals surface area contributed by atoms with Crippen LogP contribution in [-0.4, -0.2) is 33.7 Å². The van der Waals surface area contributed by atoms with E-state index in [2.05, 4.69) is 10.0 Å². The van der Waals surface area contributed by atoms with Crippen LogP contribution in [0.3, 0.4) is 0 Å². The Bertz CT molecular complexity index is 384. The van der Waals surface area contributed by atoms with Gasteiger partial charge in [-0.25, -0.2) is 13.1 Å². The first-order valence-corrected chi connectivity index (χ1v) is 8.07. The zero-order chi connectivity index (χ0) is 12.5. The molecular formula is C11H20N2O3S. The number of nitrogens with one attached hydrogen (secondary N) is 2. The predicted molar refractivity (Wildman–Crippen MR) is 64.8 cm³/mol. The Labute approximate surface area is 102 Å². The molecule has 0 radical (unpaired) electrons. The minimum atomic E-state index is -3.10. The van der Waals surface area contributed by atoms with Gasteiger partial charge in [-0.3, -0.25) is 4.79 Å². The Morgan fingerprint density at radius 2 is 1.82 bits per heavy atom. The first kappa shape index (κ1) is 12.8. The van der Waals surface area contributed by atoms with E-state index in [1.54, 1.807) is 0 Å². The van der Waals surface area contributed by atoms with Crippen LogP contribution in [0.1, 0.15) is 25.7 Å². The molecule has 0 aliphatic heterocycles. The van der Waals surface area contributed by atoms with E-state index in [4.69, 9.17) is 0 Å². The number of sulfonamides is 1. The van der Waals surface area contributed by atoms with E-state index >= 15 is 0 Å². The lowest BCUT2D eigenvalue weighted by Gasteiger charge is -2.12. The number of hydrogen-bond donors (Lipinski definition) is 2. The summed E-state index contributed by atoms with van der Waals surface area (Å²) in [6, 6.07) is 0. The molecule has 2 atom stereocenters. The molecular weight excluding hydrogens is 240 g/mol. The number of hydrogen-bond acceptors (Lipinski definition) is 3. The molecule has 0 aromatic rings. The van der Waals surface area contributed by atoms with Crippen LogP contribution in [0, 0.1) is 17.8 Å². The Morgan fingerprint density at radius 3 is 2.41 bits per heavy atom. The van der Waals surface area contributed by atoms with Crippen molar-refractivity contribution in [2.24, 2.45) is 17.8 Å². The average Bonchev–Trinajstić information content (AvgIpc) is 2.83. The van der Waals surface area contributed by atoms with Gasteiger partial charge in [0, 0.05) is 19.0 Å². The van der Waals surface area contributed by atoms with Crippen LogP contribution in [0.15, 0.2) is 0 Å². The normalized spacial score (nSPS) is 31.0. The lowest BCUT2D eigenvalue weighted by atomic mass is 10.0. The summed E-state index contributed by atoms with van der Waals surface area (Å²) in [5.74, 6) is 1.99. The van der Waals surface area contributed by atoms with Crippen molar-refractivity contribution in [2.75, 3.05) is 19.3 Å². The number of amides is 1. The summed E-state index contributed by atoms with van der Waals surface area (Å²) in [5.41, 5.74) is 0. The molecule has 0 heterocycles. The molecule has 17 heavy (non-hydrogen) atoms. The van der Waals surface area contributed by atoms with Crippen LogP contribution in [0.4, 0.5) is 0 Å². The van der Waals surface area contributed by atoms with Crippen molar-refractivity contribution in [3.63, 3.8) is 0 Å². The molecule has 5 nitrogen and oxygen atoms in total. The molecule has 0 bridgehead atoms. The fourth-order valence-electron chi connectivity index (χ4n) is 2.63. The van der Waals surface area contributed by atoms with Crippen LogP contribution in [0.2, 0.25) is 0 Å². The zero-order valence-electron chi connectivity index (χ0n) is 10.1. The molecule has 1 amide bonds. The van der Waals surface area contributed by atoms with E-state index in [9.17, 15) is 13.2 Å². The van der Waals surface area contributed by atoms with Gasteiger partial charge in [-0.15, -0.1) is 0 Å². The molecule has 2 saturated carbocycles. The van der Waals surface area contributed by atoms with Gasteiger partial charge in [0.25, 0.3) is 0 Å². The maximum atomic E-state index is 11.7. The highest BCUT2D eigenvalue weighted by Gasteiger charge is 2.47. The third-order valence-electron chi connectivity index (χ3n) is 3.63. The van der Waals surface area contributed by atoms with Crippen molar-refractivity contribution < 1.29 is 13.2 Å². The molecule has 2 N–H and O–H groups in total. The number of rotatable bonds is 6. The van der Waals surface area contributed by atoms with Gasteiger partial charge in [-0.05, 0) is 37.5 Å². The van der Waals surface area contributed by atoms with Gasteiger partial charge < -0.3 is 5.32 Å². The van der Waals surface area contributed by atoms with Crippen molar-refractivity contribution >= 4 is 15.9 Å². The van der Waals surface area contributed by atoms with Crippen LogP contribution < -0.4 is 10.0 Å². The molecule has 2 aliphatic carbocycles. The molecule has 98 valence electrons. The van der Waals surface area contributed by atoms with Gasteiger partial charge in [0.1, 0.15) is 0 Å². The van der Waals surface area contributed by atoms with E-state index in [0.29, 0.717) is 19.5 Å². The maximum Gasteiger partial charge on any atom is 0.223 e. The maximum absolute atomic E-state index is 11.7. The second-order valence-electron chi connectivity index (χ2n) is 5.24. The molecule has 2 rings (SSSR count). The fourth-order valence-corrected chi connectivity index (χ4v) is 3.15. The second-order valence-corrected chi connectivity index (χ2v) is 7.07. The minimum Gasteiger partial charge on any atom is -0.356 e. The standard InChI is InChI=1S/C11H20N2O3S/c1-17(15,16)13-4-2-3-12-11(14)10-6-8-5-9(8)7-10/h8-10,13H,2-7H2,1H3,(H,12,14). The lowest BCUT2D eigenvalue weighted by molar-refractivity contribution is -0.125. The van der Waals surface area contributed by atoms with E-state index < -0.39 is 10.0 Å². The molecule has 2 fully saturated rings. The average molecular weight is 260 g/mol. The third-order valence-corrected chi connectivity index (χ3v) is 4.36. The Kier molecular flexibility index (Phi) is 3.73. The van der Waals surface area contributed by atoms with Crippen molar-refractivity contribution in [3.05, 3.63) is 0 Å². The molecule has 2 unspecified atom stereocenters. The SMILES string of the molecule is CS(=O)(=O)NCCCNC(=O)C1CC2CC2C1. The van der Waals surface area contributed by atoms with E-state index in [1.807, 2.05) is 0 Å². The van der Waals surface area contributed by atoms with Gasteiger partial charge in [0.05, 0.1) is 6.26 Å². The Balaban J connectivity index is 1.54. The monoisotopic (exact) mass is 260 g/mol. The topological polar surface area (TPSA) is 75.3 Å². The lowest BCUT2D eigenvalue weighted by Crippen LogP contribution is -2.33. The summed E-state index contributed by atoms with van der Waals surface area (Å²) in [7, 11) is -3.10. The summed E-state index contributed by atoms with van der Waals surface area (Å²) < 4.78 is 24.0. The molecule has 0 aromatic heterocycles. The highest BCUT2D eigenvalue weighted by molar-refractivity contribution is 7.88. The molecule has 2 aliphatic rings. The van der Waals surface area contributed by atoms with Gasteiger partial charge in [0.2, 0.25) is 15.9 Å². The number of fused-ring (bicyclic) bond motifs is 1. The number of carbonyl (C=O) groups excluding carboxylic acids is 1. The van der Waals surface area contributed by atoms with Crippen LogP contribution in [0.25, 0.3) is 0 Å². The highest BCUT2D eigenvalue weighted by Crippen LogP contribution is 2.54. The summed E-state index contributed by atoms with van der Waals surface area (Å²) >= 11 is 0. The van der Waals surface area contributed by atoms with Crippen LogP contribution in [0.5, 0.6) is 0 Å². The second kappa shape index (κ2) is 4.94. The highest BCUT2D eigenvalue weighted by atomic mass is 32.2. The minimum absolute atomic E-state index is 0.150. The van der Waals surface area contributed by atoms with Crippen molar-refractivity contribution in [1.29, 1.82) is 0 Å². The largest absolute Gasteiger partial charge is 0.356 e. The number of carbonyl (C=O) groups is 1. The molecule has 0 aromatic carbocycles. The van der Waals surface area contributed by atoms with E-state index in [0.717, 1.165) is 30.9 Å². The van der Waals surface area contributed by atoms with Crippen molar-refractivity contribution in [3.8, 4) is 0 Å². The summed E-state index contributed by atoms with van der Waals surface area (Å²) in [6.45, 7) is 0.933. The first-order valence-electron chi connectivity index (χ1n) is 6.18. The summed E-state index contributed by atoms with van der Waals surface area (Å²) in [4.78, 5) is 11.7. The molecule has 0 spiro atoms.